The van der Waals surface area contributed by atoms with Crippen molar-refractivity contribution < 1.29 is 12.8 Å². The van der Waals surface area contributed by atoms with E-state index >= 15 is 0 Å². The van der Waals surface area contributed by atoms with Crippen LogP contribution in [0.4, 0.5) is 15.8 Å². The molecule has 1 aliphatic heterocycles. The van der Waals surface area contributed by atoms with Gasteiger partial charge >= 0.3 is 0 Å². The Hall–Kier alpha value is -1.34. The van der Waals surface area contributed by atoms with Crippen LogP contribution in [0.25, 0.3) is 0 Å². The molecule has 1 aromatic carbocycles. The zero-order valence-electron chi connectivity index (χ0n) is 9.19. The van der Waals surface area contributed by atoms with E-state index in [0.29, 0.717) is 5.69 Å². The van der Waals surface area contributed by atoms with Gasteiger partial charge in [-0.3, -0.25) is 4.72 Å². The second-order valence-electron chi connectivity index (χ2n) is 4.01. The average Bonchev–Trinajstić information content (AvgIpc) is 2.68. The van der Waals surface area contributed by atoms with Gasteiger partial charge in [0, 0.05) is 19.2 Å². The lowest BCUT2D eigenvalue weighted by molar-refractivity contribution is 0.602. The molecular weight excluding hydrogens is 245 g/mol. The summed E-state index contributed by atoms with van der Waals surface area (Å²) in [4.78, 5) is 1.94. The van der Waals surface area contributed by atoms with Crippen molar-refractivity contribution in [3.05, 3.63) is 24.0 Å². The summed E-state index contributed by atoms with van der Waals surface area (Å²) in [7, 11) is -3.86. The Morgan fingerprint density at radius 1 is 1.29 bits per heavy atom. The maximum Gasteiger partial charge on any atom is 0.296 e. The molecule has 1 aromatic rings. The summed E-state index contributed by atoms with van der Waals surface area (Å²) in [6.45, 7) is 1.66. The zero-order valence-corrected chi connectivity index (χ0v) is 10.0. The van der Waals surface area contributed by atoms with Crippen molar-refractivity contribution in [2.75, 3.05) is 22.7 Å². The summed E-state index contributed by atoms with van der Waals surface area (Å²) in [6.07, 6.45) is 2.10. The topological polar surface area (TPSA) is 75.4 Å². The molecule has 0 atom stereocenters. The van der Waals surface area contributed by atoms with E-state index in [2.05, 4.69) is 0 Å². The quantitative estimate of drug-likeness (QED) is 0.851. The molecule has 0 saturated carbocycles. The van der Waals surface area contributed by atoms with Gasteiger partial charge < -0.3 is 4.90 Å². The van der Waals surface area contributed by atoms with E-state index in [9.17, 15) is 12.8 Å². The fourth-order valence-corrected chi connectivity index (χ4v) is 2.40. The number of nitrogens with two attached hydrogens (primary N) is 1. The molecule has 1 aliphatic rings. The van der Waals surface area contributed by atoms with Crippen LogP contribution in [0.3, 0.4) is 0 Å². The maximum atomic E-state index is 13.8. The van der Waals surface area contributed by atoms with E-state index in [0.717, 1.165) is 32.0 Å². The summed E-state index contributed by atoms with van der Waals surface area (Å²) < 4.78 is 37.4. The summed E-state index contributed by atoms with van der Waals surface area (Å²) in [5.41, 5.74) is 0.635. The van der Waals surface area contributed by atoms with Crippen LogP contribution < -0.4 is 14.8 Å². The van der Waals surface area contributed by atoms with E-state index in [1.54, 1.807) is 6.07 Å². The Morgan fingerprint density at radius 3 is 2.47 bits per heavy atom. The summed E-state index contributed by atoms with van der Waals surface area (Å²) in [5, 5.41) is 4.81. The fraction of sp³-hybridized carbons (Fsp3) is 0.400. The Labute approximate surface area is 99.6 Å². The van der Waals surface area contributed by atoms with Gasteiger partial charge in [0.25, 0.3) is 10.2 Å². The number of benzene rings is 1. The van der Waals surface area contributed by atoms with Crippen molar-refractivity contribution in [1.82, 2.24) is 0 Å². The molecule has 1 heterocycles. The molecule has 0 bridgehead atoms. The molecule has 17 heavy (non-hydrogen) atoms. The third-order valence-corrected chi connectivity index (χ3v) is 3.17. The standard InChI is InChI=1S/C10H14FN3O2S/c11-9-7-8(13-17(12,15)16)3-4-10(9)14-5-1-2-6-14/h3-4,7,13H,1-2,5-6H2,(H2,12,15,16). The number of halogens is 1. The second kappa shape index (κ2) is 4.50. The molecule has 0 unspecified atom stereocenters. The SMILES string of the molecule is NS(=O)(=O)Nc1ccc(N2CCCC2)c(F)c1. The molecule has 1 fully saturated rings. The predicted molar refractivity (Wildman–Crippen MR) is 64.6 cm³/mol. The summed E-state index contributed by atoms with van der Waals surface area (Å²) >= 11 is 0. The molecule has 0 aromatic heterocycles. The van der Waals surface area contributed by atoms with Crippen LogP contribution in [0.2, 0.25) is 0 Å². The highest BCUT2D eigenvalue weighted by atomic mass is 32.2. The van der Waals surface area contributed by atoms with Crippen LogP contribution in [-0.4, -0.2) is 21.5 Å². The molecule has 3 N–H and O–H groups in total. The minimum atomic E-state index is -3.86. The van der Waals surface area contributed by atoms with Gasteiger partial charge in [0.2, 0.25) is 0 Å². The lowest BCUT2D eigenvalue weighted by Gasteiger charge is -2.18. The number of nitrogens with zero attached hydrogens (tertiary/aromatic N) is 1. The number of hydrogen-bond acceptors (Lipinski definition) is 3. The predicted octanol–water partition coefficient (Wildman–Crippen LogP) is 1.04. The highest BCUT2D eigenvalue weighted by Gasteiger charge is 2.16. The molecule has 5 nitrogen and oxygen atoms in total. The fourth-order valence-electron chi connectivity index (χ4n) is 1.95. The third-order valence-electron chi connectivity index (χ3n) is 2.65. The van der Waals surface area contributed by atoms with Gasteiger partial charge in [-0.05, 0) is 25.0 Å². The molecule has 94 valence electrons. The van der Waals surface area contributed by atoms with E-state index in [4.69, 9.17) is 5.14 Å². The second-order valence-corrected chi connectivity index (χ2v) is 5.30. The first-order valence-electron chi connectivity index (χ1n) is 5.31. The lowest BCUT2D eigenvalue weighted by atomic mass is 10.2. The van der Waals surface area contributed by atoms with Gasteiger partial charge in [0.15, 0.2) is 0 Å². The highest BCUT2D eigenvalue weighted by molar-refractivity contribution is 7.90. The first-order chi connectivity index (χ1) is 7.96. The van der Waals surface area contributed by atoms with Crippen LogP contribution in [0.5, 0.6) is 0 Å². The van der Waals surface area contributed by atoms with Gasteiger partial charge in [0.1, 0.15) is 5.82 Å². The third kappa shape index (κ3) is 3.07. The van der Waals surface area contributed by atoms with Gasteiger partial charge in [-0.1, -0.05) is 0 Å². The van der Waals surface area contributed by atoms with Crippen LogP contribution in [-0.2, 0) is 10.2 Å². The largest absolute Gasteiger partial charge is 0.369 e. The Balaban J connectivity index is 2.22. The molecule has 0 radical (unpaired) electrons. The summed E-state index contributed by atoms with van der Waals surface area (Å²) in [5.74, 6) is -0.444. The average molecular weight is 259 g/mol. The first kappa shape index (κ1) is 12.1. The normalized spacial score (nSPS) is 16.2. The van der Waals surface area contributed by atoms with Crippen LogP contribution in [0.1, 0.15) is 12.8 Å². The maximum absolute atomic E-state index is 13.8. The van der Waals surface area contributed by atoms with Crippen molar-refractivity contribution >= 4 is 21.6 Å². The molecule has 7 heteroatoms. The number of anilines is 2. The van der Waals surface area contributed by atoms with Gasteiger partial charge in [0.05, 0.1) is 11.4 Å². The molecule has 0 aliphatic carbocycles. The minimum absolute atomic E-state index is 0.132. The van der Waals surface area contributed by atoms with Crippen molar-refractivity contribution in [1.29, 1.82) is 0 Å². The van der Waals surface area contributed by atoms with E-state index in [-0.39, 0.29) is 5.69 Å². The smallest absolute Gasteiger partial charge is 0.296 e. The van der Waals surface area contributed by atoms with Gasteiger partial charge in [-0.2, -0.15) is 8.42 Å². The van der Waals surface area contributed by atoms with E-state index in [1.165, 1.54) is 6.07 Å². The number of rotatable bonds is 3. The van der Waals surface area contributed by atoms with Crippen molar-refractivity contribution in [2.24, 2.45) is 5.14 Å². The van der Waals surface area contributed by atoms with Crippen LogP contribution in [0, 0.1) is 5.82 Å². The molecule has 0 amide bonds. The molecular formula is C10H14FN3O2S. The van der Waals surface area contributed by atoms with Crippen molar-refractivity contribution in [3.8, 4) is 0 Å². The van der Waals surface area contributed by atoms with Gasteiger partial charge in [-0.25, -0.2) is 9.53 Å². The number of nitrogens with one attached hydrogen (secondary N) is 1. The Morgan fingerprint density at radius 2 is 1.94 bits per heavy atom. The zero-order chi connectivity index (χ0) is 12.5. The number of hydrogen-bond donors (Lipinski definition) is 2. The monoisotopic (exact) mass is 259 g/mol. The van der Waals surface area contributed by atoms with Crippen LogP contribution in [0.15, 0.2) is 18.2 Å². The summed E-state index contributed by atoms with van der Waals surface area (Å²) in [6, 6.07) is 4.20. The van der Waals surface area contributed by atoms with Crippen LogP contribution >= 0.6 is 0 Å². The Bertz CT molecular complexity index is 512. The van der Waals surface area contributed by atoms with Gasteiger partial charge in [-0.15, -0.1) is 0 Å². The highest BCUT2D eigenvalue weighted by Crippen LogP contribution is 2.26. The first-order valence-corrected chi connectivity index (χ1v) is 6.85. The molecule has 2 rings (SSSR count). The Kier molecular flexibility index (Phi) is 3.21. The van der Waals surface area contributed by atoms with Crippen molar-refractivity contribution in [3.63, 3.8) is 0 Å². The van der Waals surface area contributed by atoms with Crippen molar-refractivity contribution in [2.45, 2.75) is 12.8 Å². The molecule has 1 saturated heterocycles. The molecule has 0 spiro atoms. The lowest BCUT2D eigenvalue weighted by Crippen LogP contribution is -2.22. The van der Waals surface area contributed by atoms with E-state index in [1.807, 2.05) is 9.62 Å². The minimum Gasteiger partial charge on any atom is -0.369 e. The van der Waals surface area contributed by atoms with E-state index < -0.39 is 16.0 Å².